The molecule has 1 saturated carbocycles. The van der Waals surface area contributed by atoms with Gasteiger partial charge in [0.15, 0.2) is 5.82 Å². The van der Waals surface area contributed by atoms with Gasteiger partial charge in [-0.15, -0.1) is 0 Å². The Labute approximate surface area is 95.8 Å². The Kier molecular flexibility index (Phi) is 2.46. The molecule has 0 aromatic carbocycles. The highest BCUT2D eigenvalue weighted by Crippen LogP contribution is 2.46. The predicted molar refractivity (Wildman–Crippen MR) is 60.2 cm³/mol. The van der Waals surface area contributed by atoms with Gasteiger partial charge in [-0.05, 0) is 44.7 Å². The van der Waals surface area contributed by atoms with E-state index < -0.39 is 0 Å². The second kappa shape index (κ2) is 3.84. The van der Waals surface area contributed by atoms with Gasteiger partial charge in [0.1, 0.15) is 0 Å². The minimum atomic E-state index is 0.232. The third-order valence-electron chi connectivity index (χ3n) is 3.93. The zero-order chi connectivity index (χ0) is 11.0. The minimum Gasteiger partial charge on any atom is -0.339 e. The Balaban J connectivity index is 1.63. The average Bonchev–Trinajstić information content (AvgIpc) is 2.88. The SMILES string of the molecule is CC1(c2noc(CC3CCNCC3)n2)CC1. The van der Waals surface area contributed by atoms with E-state index in [1.807, 2.05) is 0 Å². The maximum atomic E-state index is 5.35. The molecule has 0 radical (unpaired) electrons. The summed E-state index contributed by atoms with van der Waals surface area (Å²) in [6.07, 6.45) is 5.84. The molecular formula is C12H19N3O. The van der Waals surface area contributed by atoms with E-state index in [1.54, 1.807) is 0 Å². The van der Waals surface area contributed by atoms with Gasteiger partial charge in [0.2, 0.25) is 5.89 Å². The zero-order valence-corrected chi connectivity index (χ0v) is 9.83. The molecule has 1 saturated heterocycles. The second-order valence-electron chi connectivity index (χ2n) is 5.47. The zero-order valence-electron chi connectivity index (χ0n) is 9.83. The van der Waals surface area contributed by atoms with E-state index in [0.717, 1.165) is 37.1 Å². The third kappa shape index (κ3) is 1.98. The lowest BCUT2D eigenvalue weighted by atomic mass is 9.95. The van der Waals surface area contributed by atoms with Crippen molar-refractivity contribution in [3.05, 3.63) is 11.7 Å². The van der Waals surface area contributed by atoms with Crippen molar-refractivity contribution in [2.45, 2.75) is 44.4 Å². The highest BCUT2D eigenvalue weighted by Gasteiger charge is 2.43. The van der Waals surface area contributed by atoms with Gasteiger partial charge in [0.25, 0.3) is 0 Å². The lowest BCUT2D eigenvalue weighted by Crippen LogP contribution is -2.28. The fourth-order valence-electron chi connectivity index (χ4n) is 2.33. The fourth-order valence-corrected chi connectivity index (χ4v) is 2.33. The summed E-state index contributed by atoms with van der Waals surface area (Å²) in [6, 6.07) is 0. The van der Waals surface area contributed by atoms with Gasteiger partial charge in [-0.2, -0.15) is 4.98 Å². The van der Waals surface area contributed by atoms with E-state index in [0.29, 0.717) is 0 Å². The first-order valence-electron chi connectivity index (χ1n) is 6.30. The van der Waals surface area contributed by atoms with Crippen molar-refractivity contribution in [2.75, 3.05) is 13.1 Å². The van der Waals surface area contributed by atoms with Gasteiger partial charge in [-0.3, -0.25) is 0 Å². The summed E-state index contributed by atoms with van der Waals surface area (Å²) >= 11 is 0. The van der Waals surface area contributed by atoms with E-state index >= 15 is 0 Å². The van der Waals surface area contributed by atoms with Gasteiger partial charge in [-0.1, -0.05) is 12.1 Å². The van der Waals surface area contributed by atoms with Crippen LogP contribution in [0.2, 0.25) is 0 Å². The summed E-state index contributed by atoms with van der Waals surface area (Å²) in [5, 5.41) is 7.49. The number of rotatable bonds is 3. The lowest BCUT2D eigenvalue weighted by molar-refractivity contribution is 0.311. The first-order valence-corrected chi connectivity index (χ1v) is 6.30. The molecule has 0 spiro atoms. The third-order valence-corrected chi connectivity index (χ3v) is 3.93. The molecule has 0 unspecified atom stereocenters. The van der Waals surface area contributed by atoms with Crippen LogP contribution in [0, 0.1) is 5.92 Å². The highest BCUT2D eigenvalue weighted by molar-refractivity contribution is 5.14. The molecule has 1 N–H and O–H groups in total. The number of hydrogen-bond acceptors (Lipinski definition) is 4. The first-order chi connectivity index (χ1) is 7.76. The van der Waals surface area contributed by atoms with Crippen LogP contribution in [-0.2, 0) is 11.8 Å². The standard InChI is InChI=1S/C12H19N3O/c1-12(4-5-12)11-14-10(16-15-11)8-9-2-6-13-7-3-9/h9,13H,2-8H2,1H3. The molecule has 4 nitrogen and oxygen atoms in total. The molecule has 1 aliphatic carbocycles. The monoisotopic (exact) mass is 221 g/mol. The van der Waals surface area contributed by atoms with E-state index in [9.17, 15) is 0 Å². The van der Waals surface area contributed by atoms with Crippen LogP contribution in [0.4, 0.5) is 0 Å². The Morgan fingerprint density at radius 3 is 2.81 bits per heavy atom. The van der Waals surface area contributed by atoms with Gasteiger partial charge in [0.05, 0.1) is 0 Å². The van der Waals surface area contributed by atoms with Crippen LogP contribution in [-0.4, -0.2) is 23.2 Å². The highest BCUT2D eigenvalue weighted by atomic mass is 16.5. The molecule has 1 aliphatic heterocycles. The smallest absolute Gasteiger partial charge is 0.226 e. The quantitative estimate of drug-likeness (QED) is 0.843. The van der Waals surface area contributed by atoms with Crippen LogP contribution in [0.15, 0.2) is 4.52 Å². The van der Waals surface area contributed by atoms with Crippen molar-refractivity contribution in [3.8, 4) is 0 Å². The summed E-state index contributed by atoms with van der Waals surface area (Å²) in [6.45, 7) is 4.47. The molecule has 16 heavy (non-hydrogen) atoms. The number of piperidine rings is 1. The Hall–Kier alpha value is -0.900. The van der Waals surface area contributed by atoms with Gasteiger partial charge >= 0.3 is 0 Å². The van der Waals surface area contributed by atoms with Crippen LogP contribution >= 0.6 is 0 Å². The van der Waals surface area contributed by atoms with Gasteiger partial charge < -0.3 is 9.84 Å². The largest absolute Gasteiger partial charge is 0.339 e. The topological polar surface area (TPSA) is 51.0 Å². The maximum absolute atomic E-state index is 5.35. The van der Waals surface area contributed by atoms with Gasteiger partial charge in [-0.25, -0.2) is 0 Å². The van der Waals surface area contributed by atoms with Crippen molar-refractivity contribution in [1.82, 2.24) is 15.5 Å². The van der Waals surface area contributed by atoms with E-state index in [1.165, 1.54) is 25.7 Å². The van der Waals surface area contributed by atoms with Crippen LogP contribution in [0.3, 0.4) is 0 Å². The molecule has 3 rings (SSSR count). The molecule has 0 amide bonds. The molecule has 0 atom stereocenters. The van der Waals surface area contributed by atoms with E-state index in [2.05, 4.69) is 22.4 Å². The molecule has 2 fully saturated rings. The first kappa shape index (κ1) is 10.3. The summed E-state index contributed by atoms with van der Waals surface area (Å²) < 4.78 is 5.35. The van der Waals surface area contributed by atoms with Crippen LogP contribution in [0.25, 0.3) is 0 Å². The van der Waals surface area contributed by atoms with Crippen molar-refractivity contribution in [3.63, 3.8) is 0 Å². The molecule has 88 valence electrons. The van der Waals surface area contributed by atoms with Crippen molar-refractivity contribution in [1.29, 1.82) is 0 Å². The Morgan fingerprint density at radius 2 is 2.12 bits per heavy atom. The molecule has 2 aliphatic rings. The maximum Gasteiger partial charge on any atom is 0.226 e. The Morgan fingerprint density at radius 1 is 1.38 bits per heavy atom. The van der Waals surface area contributed by atoms with Crippen LogP contribution in [0.5, 0.6) is 0 Å². The second-order valence-corrected chi connectivity index (χ2v) is 5.47. The molecule has 4 heteroatoms. The number of nitrogens with one attached hydrogen (secondary N) is 1. The molecular weight excluding hydrogens is 202 g/mol. The lowest BCUT2D eigenvalue weighted by Gasteiger charge is -2.20. The van der Waals surface area contributed by atoms with Gasteiger partial charge in [0, 0.05) is 11.8 Å². The number of aromatic nitrogens is 2. The summed E-state index contributed by atoms with van der Waals surface area (Å²) in [5.41, 5.74) is 0.232. The van der Waals surface area contributed by atoms with Crippen LogP contribution < -0.4 is 5.32 Å². The predicted octanol–water partition coefficient (Wildman–Crippen LogP) is 1.66. The number of nitrogens with zero attached hydrogens (tertiary/aromatic N) is 2. The van der Waals surface area contributed by atoms with Crippen molar-refractivity contribution in [2.24, 2.45) is 5.92 Å². The van der Waals surface area contributed by atoms with E-state index in [4.69, 9.17) is 4.52 Å². The summed E-state index contributed by atoms with van der Waals surface area (Å²) in [4.78, 5) is 4.54. The normalized spacial score (nSPS) is 24.6. The summed E-state index contributed by atoms with van der Waals surface area (Å²) in [5.74, 6) is 2.49. The van der Waals surface area contributed by atoms with Crippen molar-refractivity contribution >= 4 is 0 Å². The molecule has 1 aromatic rings. The molecule has 1 aromatic heterocycles. The molecule has 2 heterocycles. The Bertz CT molecular complexity index is 364. The van der Waals surface area contributed by atoms with Crippen LogP contribution in [0.1, 0.15) is 44.3 Å². The van der Waals surface area contributed by atoms with Crippen molar-refractivity contribution < 1.29 is 4.52 Å². The number of hydrogen-bond donors (Lipinski definition) is 1. The minimum absolute atomic E-state index is 0.232. The summed E-state index contributed by atoms with van der Waals surface area (Å²) in [7, 11) is 0. The fraction of sp³-hybridized carbons (Fsp3) is 0.833. The average molecular weight is 221 g/mol. The molecule has 0 bridgehead atoms. The van der Waals surface area contributed by atoms with E-state index in [-0.39, 0.29) is 5.41 Å².